The Balaban J connectivity index is 0.00000170. The number of nitrogens with two attached hydrogens (primary N) is 1. The summed E-state index contributed by atoms with van der Waals surface area (Å²) in [5, 5.41) is 4.87. The van der Waals surface area contributed by atoms with Gasteiger partial charge in [-0.1, -0.05) is 152 Å². The highest BCUT2D eigenvalue weighted by Gasteiger charge is 2.07. The van der Waals surface area contributed by atoms with Gasteiger partial charge in [0.25, 0.3) is 0 Å². The maximum atomic E-state index is 4.60. The standard InChI is InChI=1S/C34H50N2.CH6N2/c1-2-3-4-5-6-7-8-9-10-11-12-13-14-15-16-22-29-36(34-25-18-17-19-26-34)35-33-28-27-31-23-20-21-24-32(31)30-33;1-3-2/h17-21,23-28,30,35H,2-16,22,29H2,1H3;3H,2H2,1H3. The molecule has 0 aliphatic rings. The minimum Gasteiger partial charge on any atom is -0.298 e. The zero-order valence-corrected chi connectivity index (χ0v) is 25.0. The number of hydrogen-bond donors (Lipinski definition) is 3. The van der Waals surface area contributed by atoms with E-state index in [0.717, 1.165) is 12.2 Å². The molecule has 0 heterocycles. The zero-order chi connectivity index (χ0) is 27.8. The third-order valence-corrected chi connectivity index (χ3v) is 7.32. The molecule has 0 bridgehead atoms. The number of nitrogens with zero attached hydrogens (tertiary/aromatic N) is 1. The highest BCUT2D eigenvalue weighted by molar-refractivity contribution is 5.85. The van der Waals surface area contributed by atoms with Gasteiger partial charge in [0.05, 0.1) is 11.4 Å². The largest absolute Gasteiger partial charge is 0.298 e. The number of para-hydroxylation sites is 1. The van der Waals surface area contributed by atoms with Crippen LogP contribution in [0.25, 0.3) is 10.8 Å². The monoisotopic (exact) mass is 532 g/mol. The maximum Gasteiger partial charge on any atom is 0.0571 e. The molecule has 216 valence electrons. The highest BCUT2D eigenvalue weighted by Crippen LogP contribution is 2.22. The molecule has 0 aliphatic carbocycles. The lowest BCUT2D eigenvalue weighted by Gasteiger charge is -2.27. The number of hydrazine groups is 2. The molecule has 0 saturated heterocycles. The van der Waals surface area contributed by atoms with E-state index in [-0.39, 0.29) is 0 Å². The summed E-state index contributed by atoms with van der Waals surface area (Å²) >= 11 is 0. The van der Waals surface area contributed by atoms with Crippen molar-refractivity contribution < 1.29 is 0 Å². The minimum absolute atomic E-state index is 1.02. The Morgan fingerprint density at radius 2 is 1.03 bits per heavy atom. The summed E-state index contributed by atoms with van der Waals surface area (Å²) in [5.41, 5.74) is 8.30. The molecular weight excluding hydrogens is 476 g/mol. The van der Waals surface area contributed by atoms with E-state index < -0.39 is 0 Å². The molecule has 0 aromatic heterocycles. The van der Waals surface area contributed by atoms with E-state index in [9.17, 15) is 0 Å². The van der Waals surface area contributed by atoms with Gasteiger partial charge in [-0.05, 0) is 48.5 Å². The summed E-state index contributed by atoms with van der Waals surface area (Å²) in [6.07, 6.45) is 22.5. The molecule has 0 fully saturated rings. The molecule has 3 aromatic carbocycles. The van der Waals surface area contributed by atoms with Crippen LogP contribution in [-0.4, -0.2) is 13.6 Å². The van der Waals surface area contributed by atoms with Crippen LogP contribution < -0.4 is 21.7 Å². The number of fused-ring (bicyclic) bond motifs is 1. The SMILES string of the molecule is CCCCCCCCCCCCCCCCCCN(Nc1ccc2ccccc2c1)c1ccccc1.CNN. The lowest BCUT2D eigenvalue weighted by molar-refractivity contribution is 0.529. The summed E-state index contributed by atoms with van der Waals surface area (Å²) in [4.78, 5) is 0. The van der Waals surface area contributed by atoms with E-state index in [1.165, 1.54) is 119 Å². The molecule has 39 heavy (non-hydrogen) atoms. The zero-order valence-electron chi connectivity index (χ0n) is 25.0. The molecule has 0 saturated carbocycles. The van der Waals surface area contributed by atoms with E-state index in [1.807, 2.05) is 0 Å². The second-order valence-corrected chi connectivity index (χ2v) is 10.8. The Kier molecular flexibility index (Phi) is 18.6. The van der Waals surface area contributed by atoms with Gasteiger partial charge in [0, 0.05) is 6.54 Å². The summed E-state index contributed by atoms with van der Waals surface area (Å²) in [7, 11) is 1.65. The van der Waals surface area contributed by atoms with Crippen molar-refractivity contribution in [2.24, 2.45) is 5.84 Å². The molecule has 4 nitrogen and oxygen atoms in total. The molecule has 4 N–H and O–H groups in total. The van der Waals surface area contributed by atoms with Crippen LogP contribution in [-0.2, 0) is 0 Å². The predicted molar refractivity (Wildman–Crippen MR) is 174 cm³/mol. The molecule has 0 unspecified atom stereocenters. The Labute approximate surface area is 239 Å². The van der Waals surface area contributed by atoms with Crippen molar-refractivity contribution in [1.82, 2.24) is 5.43 Å². The number of nitrogens with one attached hydrogen (secondary N) is 2. The van der Waals surface area contributed by atoms with Crippen molar-refractivity contribution in [1.29, 1.82) is 0 Å². The Morgan fingerprint density at radius 3 is 1.56 bits per heavy atom. The van der Waals surface area contributed by atoms with Crippen molar-refractivity contribution in [2.45, 2.75) is 110 Å². The Bertz CT molecular complexity index is 959. The summed E-state index contributed by atoms with van der Waals surface area (Å²) < 4.78 is 0. The minimum atomic E-state index is 1.02. The van der Waals surface area contributed by atoms with Crippen LogP contribution >= 0.6 is 0 Å². The van der Waals surface area contributed by atoms with Gasteiger partial charge in [-0.25, -0.2) is 0 Å². The Hall–Kier alpha value is -2.56. The molecule has 0 radical (unpaired) electrons. The third-order valence-electron chi connectivity index (χ3n) is 7.32. The molecule has 0 atom stereocenters. The molecule has 3 aromatic rings. The molecular formula is C35H56N4. The number of anilines is 2. The first-order chi connectivity index (χ1) is 19.3. The lowest BCUT2D eigenvalue weighted by atomic mass is 10.0. The first kappa shape index (κ1) is 32.7. The summed E-state index contributed by atoms with van der Waals surface area (Å²) in [6, 6.07) is 25.9. The van der Waals surface area contributed by atoms with E-state index in [2.05, 4.69) is 101 Å². The van der Waals surface area contributed by atoms with Crippen LogP contribution in [0.15, 0.2) is 72.8 Å². The number of hydrogen-bond acceptors (Lipinski definition) is 4. The summed E-state index contributed by atoms with van der Waals surface area (Å²) in [5.74, 6) is 4.60. The average molecular weight is 533 g/mol. The van der Waals surface area contributed by atoms with E-state index in [4.69, 9.17) is 0 Å². The normalized spacial score (nSPS) is 10.7. The first-order valence-electron chi connectivity index (χ1n) is 15.7. The molecule has 0 amide bonds. The summed E-state index contributed by atoms with van der Waals surface area (Å²) in [6.45, 7) is 3.32. The van der Waals surface area contributed by atoms with Crippen molar-refractivity contribution in [3.8, 4) is 0 Å². The van der Waals surface area contributed by atoms with Gasteiger partial charge in [0.15, 0.2) is 0 Å². The fraction of sp³-hybridized carbons (Fsp3) is 0.543. The van der Waals surface area contributed by atoms with Gasteiger partial charge < -0.3 is 0 Å². The number of unbranched alkanes of at least 4 members (excludes halogenated alkanes) is 15. The van der Waals surface area contributed by atoms with E-state index in [0.29, 0.717) is 0 Å². The highest BCUT2D eigenvalue weighted by atomic mass is 15.5. The van der Waals surface area contributed by atoms with E-state index >= 15 is 0 Å². The molecule has 4 heteroatoms. The van der Waals surface area contributed by atoms with Gasteiger partial charge >= 0.3 is 0 Å². The smallest absolute Gasteiger partial charge is 0.0571 e. The van der Waals surface area contributed by atoms with Gasteiger partial charge in [-0.3, -0.25) is 21.7 Å². The number of rotatable bonds is 20. The van der Waals surface area contributed by atoms with Gasteiger partial charge in [0.1, 0.15) is 0 Å². The quantitative estimate of drug-likeness (QED) is 0.0769. The van der Waals surface area contributed by atoms with Crippen molar-refractivity contribution in [3.05, 3.63) is 72.8 Å². The fourth-order valence-corrected chi connectivity index (χ4v) is 5.09. The predicted octanol–water partition coefficient (Wildman–Crippen LogP) is 10.0. The average Bonchev–Trinajstić information content (AvgIpc) is 2.97. The van der Waals surface area contributed by atoms with Crippen LogP contribution in [0, 0.1) is 0 Å². The fourth-order valence-electron chi connectivity index (χ4n) is 5.09. The lowest BCUT2D eigenvalue weighted by Crippen LogP contribution is -2.30. The van der Waals surface area contributed by atoms with Crippen LogP contribution in [0.4, 0.5) is 11.4 Å². The second kappa shape index (κ2) is 22.3. The van der Waals surface area contributed by atoms with Crippen LogP contribution in [0.5, 0.6) is 0 Å². The van der Waals surface area contributed by atoms with E-state index in [1.54, 1.807) is 7.05 Å². The van der Waals surface area contributed by atoms with Crippen molar-refractivity contribution in [2.75, 3.05) is 24.0 Å². The number of benzene rings is 3. The Morgan fingerprint density at radius 1 is 0.564 bits per heavy atom. The maximum absolute atomic E-state index is 4.60. The van der Waals surface area contributed by atoms with Crippen LogP contribution in [0.3, 0.4) is 0 Å². The molecule has 0 aliphatic heterocycles. The third kappa shape index (κ3) is 15.0. The molecule has 0 spiro atoms. The molecule has 3 rings (SSSR count). The van der Waals surface area contributed by atoms with Crippen molar-refractivity contribution in [3.63, 3.8) is 0 Å². The second-order valence-electron chi connectivity index (χ2n) is 10.8. The van der Waals surface area contributed by atoms with Crippen LogP contribution in [0.1, 0.15) is 110 Å². The van der Waals surface area contributed by atoms with Crippen molar-refractivity contribution >= 4 is 22.1 Å². The van der Waals surface area contributed by atoms with Crippen LogP contribution in [0.2, 0.25) is 0 Å². The van der Waals surface area contributed by atoms with Gasteiger partial charge in [0.2, 0.25) is 0 Å². The van der Waals surface area contributed by atoms with Gasteiger partial charge in [-0.2, -0.15) is 0 Å². The van der Waals surface area contributed by atoms with Gasteiger partial charge in [-0.15, -0.1) is 0 Å². The topological polar surface area (TPSA) is 53.3 Å². The first-order valence-corrected chi connectivity index (χ1v) is 15.7.